The van der Waals surface area contributed by atoms with Crippen molar-refractivity contribution in [3.63, 3.8) is 0 Å². The molecule has 0 spiro atoms. The molecule has 0 bridgehead atoms. The lowest BCUT2D eigenvalue weighted by atomic mass is 10.1. The van der Waals surface area contributed by atoms with Gasteiger partial charge in [0.15, 0.2) is 0 Å². The molecule has 2 N–H and O–H groups in total. The fourth-order valence-electron chi connectivity index (χ4n) is 2.33. The van der Waals surface area contributed by atoms with Gasteiger partial charge in [0.05, 0.1) is 18.8 Å². The highest BCUT2D eigenvalue weighted by Crippen LogP contribution is 2.38. The number of ether oxygens (including phenoxy) is 2. The Balaban J connectivity index is 2.53. The Morgan fingerprint density at radius 2 is 1.95 bits per heavy atom. The van der Waals surface area contributed by atoms with Crippen LogP contribution < -0.4 is 0 Å². The zero-order valence-corrected chi connectivity index (χ0v) is 13.8. The molecule has 0 radical (unpaired) electrons. The molecule has 20 heavy (non-hydrogen) atoms. The van der Waals surface area contributed by atoms with Crippen molar-refractivity contribution in [2.45, 2.75) is 69.7 Å². The lowest BCUT2D eigenvalue weighted by Gasteiger charge is -2.25. The molecule has 0 aliphatic carbocycles. The third kappa shape index (κ3) is 6.89. The summed E-state index contributed by atoms with van der Waals surface area (Å²) in [4.78, 5) is 17.5. The van der Waals surface area contributed by atoms with Crippen molar-refractivity contribution in [2.24, 2.45) is 0 Å². The number of hydrogen-bond acceptors (Lipinski definition) is 5. The molecule has 0 aromatic carbocycles. The summed E-state index contributed by atoms with van der Waals surface area (Å²) in [5.74, 6) is 0. The summed E-state index contributed by atoms with van der Waals surface area (Å²) in [5, 5.41) is 0. The monoisotopic (exact) mass is 328 g/mol. The van der Waals surface area contributed by atoms with Gasteiger partial charge in [0.1, 0.15) is 11.5 Å². The topological polar surface area (TPSA) is 85.2 Å². The first kappa shape index (κ1) is 18.4. The normalized spacial score (nSPS) is 27.4. The summed E-state index contributed by atoms with van der Waals surface area (Å²) in [5.41, 5.74) is -0.283. The van der Waals surface area contributed by atoms with E-state index in [2.05, 4.69) is 31.0 Å². The smallest absolute Gasteiger partial charge is 0.372 e. The Labute approximate surface area is 125 Å². The second kappa shape index (κ2) is 8.73. The van der Waals surface area contributed by atoms with Crippen LogP contribution in [0.5, 0.6) is 0 Å². The molecule has 0 saturated carbocycles. The van der Waals surface area contributed by atoms with Gasteiger partial charge < -0.3 is 19.3 Å². The summed E-state index contributed by atoms with van der Waals surface area (Å²) in [6.07, 6.45) is 4.03. The highest BCUT2D eigenvalue weighted by Gasteiger charge is 2.37. The van der Waals surface area contributed by atoms with Crippen LogP contribution in [0.3, 0.4) is 0 Å². The van der Waals surface area contributed by atoms with Gasteiger partial charge in [-0.2, -0.15) is 0 Å². The highest BCUT2D eigenvalue weighted by molar-refractivity contribution is 7.80. The molecular weight excluding hydrogens is 303 g/mol. The van der Waals surface area contributed by atoms with Crippen molar-refractivity contribution in [2.75, 3.05) is 6.61 Å². The Morgan fingerprint density at radius 1 is 1.35 bits per heavy atom. The van der Waals surface area contributed by atoms with Crippen molar-refractivity contribution in [1.29, 1.82) is 0 Å². The van der Waals surface area contributed by atoms with Crippen LogP contribution in [0.4, 0.5) is 0 Å². The number of phosphoric ester groups is 1. The lowest BCUT2D eigenvalue weighted by molar-refractivity contribution is -0.0717. The van der Waals surface area contributed by atoms with Gasteiger partial charge in [0.2, 0.25) is 0 Å². The van der Waals surface area contributed by atoms with Crippen LogP contribution in [0.1, 0.15) is 46.0 Å². The molecule has 1 aliphatic heterocycles. The molecule has 120 valence electrons. The van der Waals surface area contributed by atoms with Crippen LogP contribution >= 0.6 is 20.5 Å². The number of thiol groups is 1. The van der Waals surface area contributed by atoms with Gasteiger partial charge in [-0.05, 0) is 12.8 Å². The summed E-state index contributed by atoms with van der Waals surface area (Å²) >= 11 is 4.25. The second-order valence-electron chi connectivity index (χ2n) is 5.03. The van der Waals surface area contributed by atoms with Crippen molar-refractivity contribution in [3.05, 3.63) is 0 Å². The predicted octanol–water partition coefficient (Wildman–Crippen LogP) is 2.49. The van der Waals surface area contributed by atoms with Crippen LogP contribution in [0, 0.1) is 0 Å². The minimum Gasteiger partial charge on any atom is -0.372 e. The lowest BCUT2D eigenvalue weighted by Crippen LogP contribution is -2.32. The van der Waals surface area contributed by atoms with E-state index in [4.69, 9.17) is 19.3 Å². The Hall–Kier alpha value is 0.380. The first-order chi connectivity index (χ1) is 9.35. The zero-order valence-electron chi connectivity index (χ0n) is 12.0. The van der Waals surface area contributed by atoms with Crippen LogP contribution in [0.15, 0.2) is 0 Å². The quantitative estimate of drug-likeness (QED) is 0.445. The molecule has 1 fully saturated rings. The fourth-order valence-corrected chi connectivity index (χ4v) is 3.03. The van der Waals surface area contributed by atoms with Crippen molar-refractivity contribution in [3.8, 4) is 0 Å². The molecule has 8 heteroatoms. The highest BCUT2D eigenvalue weighted by atomic mass is 32.1. The largest absolute Gasteiger partial charge is 0.469 e. The standard InChI is InChI=1S/C12H25O6PS/c1-3-5-9(6-4-2)17-10-7-12(20)18-11(10)8-16-19(13,14)15/h9-12,20H,3-8H2,1-2H3,(H2,13,14,15)/t10?,11-,12+/m1/s1. The average Bonchev–Trinajstić information content (AvgIpc) is 2.67. The van der Waals surface area contributed by atoms with E-state index in [9.17, 15) is 4.57 Å². The fraction of sp³-hybridized carbons (Fsp3) is 1.00. The van der Waals surface area contributed by atoms with Gasteiger partial charge in [-0.25, -0.2) is 4.57 Å². The van der Waals surface area contributed by atoms with E-state index in [1.807, 2.05) is 0 Å². The summed E-state index contributed by atoms with van der Waals surface area (Å²) in [6, 6.07) is 0. The van der Waals surface area contributed by atoms with Gasteiger partial charge >= 0.3 is 7.82 Å². The summed E-state index contributed by atoms with van der Waals surface area (Å²) < 4.78 is 26.8. The van der Waals surface area contributed by atoms with E-state index in [1.54, 1.807) is 0 Å². The third-order valence-corrected chi connectivity index (χ3v) is 3.99. The molecular formula is C12H25O6PS. The Bertz CT molecular complexity index is 317. The van der Waals surface area contributed by atoms with E-state index in [0.717, 1.165) is 25.7 Å². The van der Waals surface area contributed by atoms with Gasteiger partial charge in [-0.1, -0.05) is 26.7 Å². The summed E-state index contributed by atoms with van der Waals surface area (Å²) in [7, 11) is -4.48. The SMILES string of the molecule is CCCC(CCC)OC1C[C@H](S)O[C@@H]1COP(=O)(O)O. The maximum absolute atomic E-state index is 10.8. The first-order valence-electron chi connectivity index (χ1n) is 7.04. The number of phosphoric acid groups is 1. The molecule has 1 unspecified atom stereocenters. The second-order valence-corrected chi connectivity index (χ2v) is 6.84. The van der Waals surface area contributed by atoms with E-state index in [-0.39, 0.29) is 24.3 Å². The van der Waals surface area contributed by atoms with Crippen LogP contribution in [0.25, 0.3) is 0 Å². The predicted molar refractivity (Wildman–Crippen MR) is 78.7 cm³/mol. The van der Waals surface area contributed by atoms with E-state index in [0.29, 0.717) is 6.42 Å². The molecule has 3 atom stereocenters. The maximum atomic E-state index is 10.8. The van der Waals surface area contributed by atoms with Gasteiger partial charge in [-0.15, -0.1) is 12.6 Å². The molecule has 1 heterocycles. The third-order valence-electron chi connectivity index (χ3n) is 3.18. The van der Waals surface area contributed by atoms with Gasteiger partial charge in [0.25, 0.3) is 0 Å². The average molecular weight is 328 g/mol. The minimum atomic E-state index is -4.48. The zero-order chi connectivity index (χ0) is 15.2. The number of rotatable bonds is 9. The summed E-state index contributed by atoms with van der Waals surface area (Å²) in [6.45, 7) is 4.02. The van der Waals surface area contributed by atoms with Gasteiger partial charge in [-0.3, -0.25) is 4.52 Å². The van der Waals surface area contributed by atoms with E-state index in [1.165, 1.54) is 0 Å². The van der Waals surface area contributed by atoms with Crippen LogP contribution in [-0.2, 0) is 18.6 Å². The molecule has 0 aromatic heterocycles. The molecule has 0 amide bonds. The van der Waals surface area contributed by atoms with Crippen LogP contribution in [-0.4, -0.2) is 40.1 Å². The number of hydrogen-bond donors (Lipinski definition) is 3. The molecule has 1 rings (SSSR count). The minimum absolute atomic E-state index is 0.148. The van der Waals surface area contributed by atoms with Crippen molar-refractivity contribution < 1.29 is 28.3 Å². The molecule has 1 saturated heterocycles. The molecule has 0 aromatic rings. The Morgan fingerprint density at radius 3 is 2.45 bits per heavy atom. The van der Waals surface area contributed by atoms with Crippen molar-refractivity contribution >= 4 is 20.5 Å². The van der Waals surface area contributed by atoms with Gasteiger partial charge in [0, 0.05) is 6.42 Å². The Kier molecular flexibility index (Phi) is 8.05. The maximum Gasteiger partial charge on any atom is 0.469 e. The molecule has 1 aliphatic rings. The van der Waals surface area contributed by atoms with Crippen LogP contribution in [0.2, 0.25) is 0 Å². The van der Waals surface area contributed by atoms with E-state index < -0.39 is 13.9 Å². The molecule has 6 nitrogen and oxygen atoms in total. The first-order valence-corrected chi connectivity index (χ1v) is 9.09. The van der Waals surface area contributed by atoms with E-state index >= 15 is 0 Å². The van der Waals surface area contributed by atoms with Crippen molar-refractivity contribution in [1.82, 2.24) is 0 Å².